The van der Waals surface area contributed by atoms with Crippen LogP contribution < -0.4 is 9.64 Å². The van der Waals surface area contributed by atoms with Crippen molar-refractivity contribution in [3.63, 3.8) is 0 Å². The van der Waals surface area contributed by atoms with Gasteiger partial charge in [-0.05, 0) is 55.1 Å². The second-order valence-corrected chi connectivity index (χ2v) is 10.7. The maximum absolute atomic E-state index is 13.8. The topological polar surface area (TPSA) is 68.3 Å². The van der Waals surface area contributed by atoms with Crippen LogP contribution in [0.4, 0.5) is 5.69 Å². The standard InChI is InChI=1S/C28H38N2O5/c1-6-17-15-30-12-11-28(24(30)13-20(17)21(16-33-3)27(32)35-5)14-23(31)25-22(29(28)2)10-9-19(18-7-8-18)26(25)34-4/h9-10,16-18,20,24H,6-8,11-15H2,1-5H3/b21-16+/t17-,20+,24+,28-/m1/s1. The minimum atomic E-state index is -0.327. The summed E-state index contributed by atoms with van der Waals surface area (Å²) in [4.78, 5) is 31.4. The van der Waals surface area contributed by atoms with Crippen molar-refractivity contribution in [1.82, 2.24) is 4.90 Å². The first kappa shape index (κ1) is 24.2. The van der Waals surface area contributed by atoms with Gasteiger partial charge < -0.3 is 19.1 Å². The van der Waals surface area contributed by atoms with Crippen molar-refractivity contribution in [3.05, 3.63) is 35.1 Å². The lowest BCUT2D eigenvalue weighted by Gasteiger charge is -2.52. The Morgan fingerprint density at radius 2 is 2.00 bits per heavy atom. The van der Waals surface area contributed by atoms with Crippen molar-refractivity contribution >= 4 is 17.4 Å². The Bertz CT molecular complexity index is 1050. The van der Waals surface area contributed by atoms with E-state index in [1.807, 2.05) is 0 Å². The number of anilines is 1. The first-order chi connectivity index (χ1) is 16.9. The predicted molar refractivity (Wildman–Crippen MR) is 134 cm³/mol. The SMILES string of the molecule is CC[C@@H]1CN2CC[C@@]3(CC(=O)c4c(ccc(C5CC5)c4OC)N3C)[C@@H]2C[C@@H]1/C(=C\OC)C(=O)OC. The quantitative estimate of drug-likeness (QED) is 0.343. The van der Waals surface area contributed by atoms with E-state index in [9.17, 15) is 9.59 Å². The van der Waals surface area contributed by atoms with Crippen LogP contribution in [0.15, 0.2) is 24.0 Å². The summed E-state index contributed by atoms with van der Waals surface area (Å²) >= 11 is 0. The largest absolute Gasteiger partial charge is 0.504 e. The number of esters is 1. The van der Waals surface area contributed by atoms with Crippen LogP contribution in [0.2, 0.25) is 0 Å². The van der Waals surface area contributed by atoms with Gasteiger partial charge >= 0.3 is 5.97 Å². The van der Waals surface area contributed by atoms with E-state index in [2.05, 4.69) is 35.9 Å². The zero-order valence-electron chi connectivity index (χ0n) is 21.6. The molecule has 1 aliphatic carbocycles. The van der Waals surface area contributed by atoms with Crippen molar-refractivity contribution < 1.29 is 23.8 Å². The molecule has 0 radical (unpaired) electrons. The van der Waals surface area contributed by atoms with Crippen LogP contribution >= 0.6 is 0 Å². The van der Waals surface area contributed by atoms with Crippen LogP contribution in [-0.2, 0) is 14.3 Å². The van der Waals surface area contributed by atoms with Crippen LogP contribution in [0.3, 0.4) is 0 Å². The van der Waals surface area contributed by atoms with Crippen LogP contribution in [0.1, 0.15) is 67.3 Å². The highest BCUT2D eigenvalue weighted by molar-refractivity contribution is 6.07. The predicted octanol–water partition coefficient (Wildman–Crippen LogP) is 4.16. The van der Waals surface area contributed by atoms with Crippen molar-refractivity contribution in [2.24, 2.45) is 11.8 Å². The van der Waals surface area contributed by atoms with Crippen molar-refractivity contribution in [2.75, 3.05) is 46.4 Å². The molecule has 4 aliphatic rings. The fourth-order valence-corrected chi connectivity index (χ4v) is 7.17. The van der Waals surface area contributed by atoms with Gasteiger partial charge in [0, 0.05) is 32.6 Å². The third kappa shape index (κ3) is 3.74. The Hall–Kier alpha value is -2.54. The molecule has 35 heavy (non-hydrogen) atoms. The Morgan fingerprint density at radius 3 is 2.63 bits per heavy atom. The van der Waals surface area contributed by atoms with E-state index in [0.29, 0.717) is 23.8 Å². The molecule has 3 heterocycles. The highest BCUT2D eigenvalue weighted by Crippen LogP contribution is 2.54. The summed E-state index contributed by atoms with van der Waals surface area (Å²) < 4.78 is 16.3. The molecule has 1 aromatic rings. The van der Waals surface area contributed by atoms with Crippen LogP contribution in [-0.4, -0.2) is 69.7 Å². The fraction of sp³-hybridized carbons (Fsp3) is 0.643. The Labute approximate surface area is 208 Å². The van der Waals surface area contributed by atoms with Crippen LogP contribution in [0, 0.1) is 11.8 Å². The van der Waals surface area contributed by atoms with Gasteiger partial charge in [-0.25, -0.2) is 4.79 Å². The number of ether oxygens (including phenoxy) is 3. The first-order valence-electron chi connectivity index (χ1n) is 12.9. The van der Waals surface area contributed by atoms with Gasteiger partial charge in [-0.15, -0.1) is 0 Å². The maximum Gasteiger partial charge on any atom is 0.337 e. The molecule has 0 aromatic heterocycles. The number of hydrogen-bond acceptors (Lipinski definition) is 7. The van der Waals surface area contributed by atoms with Crippen molar-refractivity contribution in [3.8, 4) is 5.75 Å². The third-order valence-corrected chi connectivity index (χ3v) is 9.16. The number of Topliss-reactive ketones (excluding diaryl/α,β-unsaturated/α-hetero) is 1. The normalized spacial score (nSPS) is 30.8. The van der Waals surface area contributed by atoms with Gasteiger partial charge in [-0.2, -0.15) is 0 Å². The molecule has 3 fully saturated rings. The number of carbonyl (C=O) groups excluding carboxylic acids is 2. The second kappa shape index (κ2) is 9.16. The minimum Gasteiger partial charge on any atom is -0.504 e. The van der Waals surface area contributed by atoms with E-state index >= 15 is 0 Å². The highest BCUT2D eigenvalue weighted by atomic mass is 16.5. The summed E-state index contributed by atoms with van der Waals surface area (Å²) in [5.41, 5.74) is 3.19. The summed E-state index contributed by atoms with van der Waals surface area (Å²) in [5.74, 6) is 1.50. The molecule has 0 amide bonds. The summed E-state index contributed by atoms with van der Waals surface area (Å²) in [6, 6.07) is 4.46. The fourth-order valence-electron chi connectivity index (χ4n) is 7.17. The molecule has 7 heteroatoms. The van der Waals surface area contributed by atoms with E-state index in [1.54, 1.807) is 20.5 Å². The monoisotopic (exact) mass is 482 g/mol. The Kier molecular flexibility index (Phi) is 6.32. The molecule has 1 aromatic carbocycles. The minimum absolute atomic E-state index is 0.0281. The Morgan fingerprint density at radius 1 is 1.23 bits per heavy atom. The van der Waals surface area contributed by atoms with Crippen LogP contribution in [0.25, 0.3) is 0 Å². The maximum atomic E-state index is 13.8. The number of nitrogens with zero attached hydrogens (tertiary/aromatic N) is 2. The molecule has 190 valence electrons. The average Bonchev–Trinajstić information content (AvgIpc) is 3.66. The summed E-state index contributed by atoms with van der Waals surface area (Å²) in [6.07, 6.45) is 7.05. The van der Waals surface area contributed by atoms with Crippen molar-refractivity contribution in [2.45, 2.75) is 62.9 Å². The number of fused-ring (bicyclic) bond motifs is 3. The van der Waals surface area contributed by atoms with Gasteiger partial charge in [0.25, 0.3) is 0 Å². The molecule has 0 bridgehead atoms. The number of benzene rings is 1. The molecule has 1 saturated carbocycles. The first-order valence-corrected chi connectivity index (χ1v) is 12.9. The molecule has 7 nitrogen and oxygen atoms in total. The number of methoxy groups -OCH3 is 3. The zero-order chi connectivity index (χ0) is 24.9. The van der Waals surface area contributed by atoms with Gasteiger partial charge in [0.1, 0.15) is 5.75 Å². The lowest BCUT2D eigenvalue weighted by Crippen LogP contribution is -2.62. The number of ketones is 1. The van der Waals surface area contributed by atoms with Gasteiger partial charge in [-0.3, -0.25) is 9.69 Å². The zero-order valence-corrected chi connectivity index (χ0v) is 21.6. The Balaban J connectivity index is 1.53. The number of hydrogen-bond donors (Lipinski definition) is 0. The summed E-state index contributed by atoms with van der Waals surface area (Å²) in [6.45, 7) is 4.05. The van der Waals surface area contributed by atoms with Gasteiger partial charge in [0.05, 0.1) is 50.0 Å². The van der Waals surface area contributed by atoms with Gasteiger partial charge in [-0.1, -0.05) is 19.4 Å². The molecular weight excluding hydrogens is 444 g/mol. The van der Waals surface area contributed by atoms with Crippen LogP contribution in [0.5, 0.6) is 5.75 Å². The van der Waals surface area contributed by atoms with E-state index in [4.69, 9.17) is 14.2 Å². The third-order valence-electron chi connectivity index (χ3n) is 9.16. The number of rotatable bonds is 6. The second-order valence-electron chi connectivity index (χ2n) is 10.7. The molecule has 3 aliphatic heterocycles. The molecule has 5 rings (SSSR count). The van der Waals surface area contributed by atoms with E-state index in [-0.39, 0.29) is 29.3 Å². The number of carbonyl (C=O) groups is 2. The molecule has 1 spiro atoms. The van der Waals surface area contributed by atoms with Gasteiger partial charge in [0.2, 0.25) is 0 Å². The van der Waals surface area contributed by atoms with E-state index in [1.165, 1.54) is 12.7 Å². The number of piperidine rings is 1. The van der Waals surface area contributed by atoms with Crippen molar-refractivity contribution in [1.29, 1.82) is 0 Å². The smallest absolute Gasteiger partial charge is 0.337 e. The highest BCUT2D eigenvalue weighted by Gasteiger charge is 2.57. The summed E-state index contributed by atoms with van der Waals surface area (Å²) in [7, 11) is 6.82. The van der Waals surface area contributed by atoms with Gasteiger partial charge in [0.15, 0.2) is 5.78 Å². The molecule has 0 N–H and O–H groups in total. The lowest BCUT2D eigenvalue weighted by atomic mass is 9.69. The summed E-state index contributed by atoms with van der Waals surface area (Å²) in [5, 5.41) is 0. The molecular formula is C28H38N2O5. The molecule has 4 atom stereocenters. The lowest BCUT2D eigenvalue weighted by molar-refractivity contribution is -0.137. The average molecular weight is 483 g/mol. The molecule has 0 unspecified atom stereocenters. The molecule has 2 saturated heterocycles. The van der Waals surface area contributed by atoms with E-state index in [0.717, 1.165) is 62.2 Å². The van der Waals surface area contributed by atoms with E-state index < -0.39 is 0 Å². The number of likely N-dealkylation sites (N-methyl/N-ethyl adjacent to an activating group) is 1.